The van der Waals surface area contributed by atoms with Crippen LogP contribution in [0.5, 0.6) is 0 Å². The Morgan fingerprint density at radius 2 is 1.97 bits per heavy atom. The molecule has 0 spiro atoms. The molecule has 0 aliphatic carbocycles. The highest BCUT2D eigenvalue weighted by atomic mass is 19.4. The SMILES string of the molecule is CCCn1cc(-c2ccnc(Nc3ccc(C(F)(F)F)cc3)c2C(=N)C2CNC2)cn1. The van der Waals surface area contributed by atoms with Crippen molar-refractivity contribution in [1.29, 1.82) is 5.41 Å². The number of benzene rings is 1. The van der Waals surface area contributed by atoms with Gasteiger partial charge >= 0.3 is 6.18 Å². The average Bonchev–Trinajstić information content (AvgIpc) is 3.15. The Morgan fingerprint density at radius 3 is 2.58 bits per heavy atom. The second-order valence-electron chi connectivity index (χ2n) is 7.54. The third-order valence-electron chi connectivity index (χ3n) is 5.28. The van der Waals surface area contributed by atoms with Gasteiger partial charge in [0.15, 0.2) is 0 Å². The molecule has 1 aromatic carbocycles. The summed E-state index contributed by atoms with van der Waals surface area (Å²) in [6.45, 7) is 4.29. The summed E-state index contributed by atoms with van der Waals surface area (Å²) < 4.78 is 40.5. The molecule has 2 aromatic heterocycles. The maximum atomic E-state index is 12.9. The number of hydrogen-bond donors (Lipinski definition) is 3. The third-order valence-corrected chi connectivity index (χ3v) is 5.28. The molecule has 0 bridgehead atoms. The molecule has 1 fully saturated rings. The fourth-order valence-corrected chi connectivity index (χ4v) is 3.50. The van der Waals surface area contributed by atoms with Crippen LogP contribution in [0, 0.1) is 11.3 Å². The number of anilines is 2. The van der Waals surface area contributed by atoms with Gasteiger partial charge in [-0.3, -0.25) is 4.68 Å². The molecule has 31 heavy (non-hydrogen) atoms. The van der Waals surface area contributed by atoms with Crippen molar-refractivity contribution in [2.24, 2.45) is 5.92 Å². The van der Waals surface area contributed by atoms with E-state index in [1.807, 2.05) is 16.9 Å². The maximum Gasteiger partial charge on any atom is 0.416 e. The predicted octanol–water partition coefficient (Wildman–Crippen LogP) is 4.70. The minimum atomic E-state index is -4.39. The molecule has 1 saturated heterocycles. The summed E-state index contributed by atoms with van der Waals surface area (Å²) >= 11 is 0. The number of nitrogens with zero attached hydrogens (tertiary/aromatic N) is 3. The number of alkyl halides is 3. The molecular formula is C22H23F3N6. The molecule has 0 amide bonds. The number of nitrogens with one attached hydrogen (secondary N) is 3. The zero-order valence-electron chi connectivity index (χ0n) is 17.0. The molecule has 0 atom stereocenters. The van der Waals surface area contributed by atoms with Gasteiger partial charge in [0.05, 0.1) is 11.8 Å². The first-order chi connectivity index (χ1) is 14.9. The van der Waals surface area contributed by atoms with Gasteiger partial charge in [0.25, 0.3) is 0 Å². The van der Waals surface area contributed by atoms with Gasteiger partial charge in [-0.05, 0) is 42.3 Å². The molecule has 3 heterocycles. The molecule has 4 rings (SSSR count). The van der Waals surface area contributed by atoms with Crippen molar-refractivity contribution < 1.29 is 13.2 Å². The summed E-state index contributed by atoms with van der Waals surface area (Å²) in [5.41, 5.74) is 2.54. The molecule has 6 nitrogen and oxygen atoms in total. The monoisotopic (exact) mass is 428 g/mol. The molecule has 162 valence electrons. The molecule has 3 aromatic rings. The van der Waals surface area contributed by atoms with Gasteiger partial charge in [-0.25, -0.2) is 4.98 Å². The van der Waals surface area contributed by atoms with Crippen LogP contribution in [-0.2, 0) is 12.7 Å². The highest BCUT2D eigenvalue weighted by Crippen LogP contribution is 2.34. The fourth-order valence-electron chi connectivity index (χ4n) is 3.50. The van der Waals surface area contributed by atoms with Crippen LogP contribution >= 0.6 is 0 Å². The van der Waals surface area contributed by atoms with E-state index in [1.165, 1.54) is 12.1 Å². The standard InChI is InChI=1S/C22H23F3N6/c1-2-9-31-13-15(12-29-31)18-7-8-28-21(19(18)20(26)14-10-27-11-14)30-17-5-3-16(4-6-17)22(23,24)25/h3-8,12-14,26-27H,2,9-11H2,1H3,(H,28,30). The van der Waals surface area contributed by atoms with E-state index in [9.17, 15) is 13.2 Å². The average molecular weight is 428 g/mol. The lowest BCUT2D eigenvalue weighted by Gasteiger charge is -2.29. The lowest BCUT2D eigenvalue weighted by Crippen LogP contribution is -2.46. The Hall–Kier alpha value is -3.20. The van der Waals surface area contributed by atoms with Gasteiger partial charge < -0.3 is 16.0 Å². The van der Waals surface area contributed by atoms with Crippen LogP contribution < -0.4 is 10.6 Å². The van der Waals surface area contributed by atoms with E-state index in [1.54, 1.807) is 12.4 Å². The van der Waals surface area contributed by atoms with E-state index in [-0.39, 0.29) is 5.92 Å². The molecule has 9 heteroatoms. The van der Waals surface area contributed by atoms with Gasteiger partial charge in [0.2, 0.25) is 0 Å². The minimum Gasteiger partial charge on any atom is -0.340 e. The van der Waals surface area contributed by atoms with E-state index >= 15 is 0 Å². The van der Waals surface area contributed by atoms with Crippen molar-refractivity contribution in [3.05, 3.63) is 60.0 Å². The maximum absolute atomic E-state index is 12.9. The molecule has 0 unspecified atom stereocenters. The zero-order chi connectivity index (χ0) is 22.0. The highest BCUT2D eigenvalue weighted by molar-refractivity contribution is 6.10. The summed E-state index contributed by atoms with van der Waals surface area (Å²) in [7, 11) is 0. The number of pyridine rings is 1. The van der Waals surface area contributed by atoms with Crippen molar-refractivity contribution in [2.45, 2.75) is 26.1 Å². The van der Waals surface area contributed by atoms with Crippen LogP contribution in [0.2, 0.25) is 0 Å². The first kappa shape index (κ1) is 21.0. The van der Waals surface area contributed by atoms with Crippen molar-refractivity contribution in [3.63, 3.8) is 0 Å². The summed E-state index contributed by atoms with van der Waals surface area (Å²) in [6.07, 6.45) is 1.91. The van der Waals surface area contributed by atoms with Gasteiger partial charge in [-0.15, -0.1) is 0 Å². The van der Waals surface area contributed by atoms with Gasteiger partial charge in [-0.1, -0.05) is 6.92 Å². The normalized spacial score (nSPS) is 14.3. The Bertz CT molecular complexity index is 1070. The van der Waals surface area contributed by atoms with E-state index in [4.69, 9.17) is 5.41 Å². The Balaban J connectivity index is 1.72. The zero-order valence-corrected chi connectivity index (χ0v) is 17.0. The Morgan fingerprint density at radius 1 is 1.23 bits per heavy atom. The third kappa shape index (κ3) is 4.46. The van der Waals surface area contributed by atoms with E-state index in [2.05, 4.69) is 27.6 Å². The van der Waals surface area contributed by atoms with E-state index in [0.29, 0.717) is 35.9 Å². The number of rotatable bonds is 7. The molecule has 1 aliphatic rings. The van der Waals surface area contributed by atoms with Crippen LogP contribution in [0.25, 0.3) is 11.1 Å². The number of hydrogen-bond acceptors (Lipinski definition) is 5. The van der Waals surface area contributed by atoms with Crippen molar-refractivity contribution in [1.82, 2.24) is 20.1 Å². The van der Waals surface area contributed by atoms with Crippen LogP contribution in [0.3, 0.4) is 0 Å². The van der Waals surface area contributed by atoms with Crippen LogP contribution in [-0.4, -0.2) is 33.6 Å². The van der Waals surface area contributed by atoms with Crippen molar-refractivity contribution >= 4 is 17.2 Å². The predicted molar refractivity (Wildman–Crippen MR) is 114 cm³/mol. The summed E-state index contributed by atoms with van der Waals surface area (Å²) in [4.78, 5) is 4.41. The lowest BCUT2D eigenvalue weighted by atomic mass is 9.88. The lowest BCUT2D eigenvalue weighted by molar-refractivity contribution is -0.137. The number of aromatic nitrogens is 3. The first-order valence-corrected chi connectivity index (χ1v) is 10.1. The quantitative estimate of drug-likeness (QED) is 0.477. The number of halogens is 3. The van der Waals surface area contributed by atoms with Crippen molar-refractivity contribution in [2.75, 3.05) is 18.4 Å². The summed E-state index contributed by atoms with van der Waals surface area (Å²) in [6, 6.07) is 6.65. The van der Waals surface area contributed by atoms with Gasteiger partial charge in [0.1, 0.15) is 5.82 Å². The van der Waals surface area contributed by atoms with Crippen LogP contribution in [0.4, 0.5) is 24.7 Å². The second kappa shape index (κ2) is 8.50. The van der Waals surface area contributed by atoms with Gasteiger partial charge in [-0.2, -0.15) is 18.3 Å². The van der Waals surface area contributed by atoms with Crippen LogP contribution in [0.1, 0.15) is 24.5 Å². The fraction of sp³-hybridized carbons (Fsp3) is 0.318. The molecule has 3 N–H and O–H groups in total. The summed E-state index contributed by atoms with van der Waals surface area (Å²) in [5.74, 6) is 0.499. The Labute approximate surface area is 178 Å². The topological polar surface area (TPSA) is 78.6 Å². The molecule has 1 aliphatic heterocycles. The smallest absolute Gasteiger partial charge is 0.340 e. The van der Waals surface area contributed by atoms with Crippen LogP contribution in [0.15, 0.2) is 48.9 Å². The first-order valence-electron chi connectivity index (χ1n) is 10.1. The van der Waals surface area contributed by atoms with Crippen molar-refractivity contribution in [3.8, 4) is 11.1 Å². The molecule has 0 saturated carbocycles. The highest BCUT2D eigenvalue weighted by Gasteiger charge is 2.30. The molecule has 0 radical (unpaired) electrons. The van der Waals surface area contributed by atoms with E-state index in [0.717, 1.165) is 36.2 Å². The summed E-state index contributed by atoms with van der Waals surface area (Å²) in [5, 5.41) is 19.5. The largest absolute Gasteiger partial charge is 0.416 e. The van der Waals surface area contributed by atoms with Gasteiger partial charge in [0, 0.05) is 60.5 Å². The molecular weight excluding hydrogens is 405 g/mol. The Kier molecular flexibility index (Phi) is 5.77. The number of aryl methyl sites for hydroxylation is 1. The van der Waals surface area contributed by atoms with E-state index < -0.39 is 11.7 Å². The second-order valence-corrected chi connectivity index (χ2v) is 7.54. The minimum absolute atomic E-state index is 0.0572.